The van der Waals surface area contributed by atoms with Crippen LogP contribution in [0.4, 0.5) is 16.2 Å². The van der Waals surface area contributed by atoms with Gasteiger partial charge < -0.3 is 19.6 Å². The van der Waals surface area contributed by atoms with E-state index in [1.807, 2.05) is 44.9 Å². The Bertz CT molecular complexity index is 1720. The van der Waals surface area contributed by atoms with Crippen LogP contribution < -0.4 is 9.80 Å². The fourth-order valence-corrected chi connectivity index (χ4v) is 6.73. The first-order chi connectivity index (χ1) is 20.0. The third kappa shape index (κ3) is 4.48. The number of anilines is 2. The van der Waals surface area contributed by atoms with E-state index < -0.39 is 5.82 Å². The van der Waals surface area contributed by atoms with Crippen LogP contribution in [0.15, 0.2) is 37.1 Å². The molecule has 0 spiro atoms. The molecule has 0 unspecified atom stereocenters. The van der Waals surface area contributed by atoms with Gasteiger partial charge in [-0.2, -0.15) is 10.1 Å². The molecule has 0 saturated carbocycles. The SMILES string of the molecule is C=CC(=O)N1[C@H](C)CN(c2nc(N3CC(N(C)C)C3)nc3c(F)c(-c4c(C)ccc5cnn(C)c45)c(Cl)cc23)C[C@@H]1C. The molecule has 2 saturated heterocycles. The van der Waals surface area contributed by atoms with Gasteiger partial charge in [-0.3, -0.25) is 9.48 Å². The van der Waals surface area contributed by atoms with Crippen molar-refractivity contribution < 1.29 is 9.18 Å². The van der Waals surface area contributed by atoms with E-state index in [1.54, 1.807) is 16.9 Å². The molecule has 1 amide bonds. The van der Waals surface area contributed by atoms with Crippen molar-refractivity contribution >= 4 is 51.1 Å². The van der Waals surface area contributed by atoms with Gasteiger partial charge in [0.1, 0.15) is 11.3 Å². The highest BCUT2D eigenvalue weighted by molar-refractivity contribution is 6.35. The van der Waals surface area contributed by atoms with Gasteiger partial charge in [-0.05, 0) is 52.6 Å². The third-order valence-corrected chi connectivity index (χ3v) is 9.03. The van der Waals surface area contributed by atoms with Gasteiger partial charge in [0.05, 0.1) is 16.7 Å². The normalized spacial score (nSPS) is 19.7. The first-order valence-corrected chi connectivity index (χ1v) is 14.6. The van der Waals surface area contributed by atoms with Gasteiger partial charge in [0.25, 0.3) is 0 Å². The number of aromatic nitrogens is 4. The molecule has 11 heteroatoms. The van der Waals surface area contributed by atoms with Crippen LogP contribution in [0.5, 0.6) is 0 Å². The van der Waals surface area contributed by atoms with Crippen LogP contribution in [0.3, 0.4) is 0 Å². The fraction of sp³-hybridized carbons (Fsp3) is 0.419. The standard InChI is InChI=1S/C31H36ClFN8O/c1-8-24(42)41-18(3)13-39(14-19(41)4)30-22-11-23(32)26(25-17(2)9-10-20-12-34-38(7)29(20)25)27(33)28(22)35-31(36-30)40-15-21(16-40)37(5)6/h8-12,18-19,21H,1,13-16H2,2-7H3/t18-,19+. The summed E-state index contributed by atoms with van der Waals surface area (Å²) in [6.07, 6.45) is 3.13. The fourth-order valence-electron chi connectivity index (χ4n) is 6.44. The van der Waals surface area contributed by atoms with E-state index >= 15 is 4.39 Å². The average molecular weight is 591 g/mol. The van der Waals surface area contributed by atoms with Crippen molar-refractivity contribution in [2.45, 2.75) is 38.9 Å². The van der Waals surface area contributed by atoms with Gasteiger partial charge in [0.15, 0.2) is 5.82 Å². The number of likely N-dealkylation sites (N-methyl/N-ethyl adjacent to an activating group) is 1. The van der Waals surface area contributed by atoms with Gasteiger partial charge in [-0.1, -0.05) is 30.3 Å². The van der Waals surface area contributed by atoms with Gasteiger partial charge >= 0.3 is 0 Å². The predicted molar refractivity (Wildman–Crippen MR) is 167 cm³/mol. The number of benzene rings is 2. The Kier molecular flexibility index (Phi) is 7.09. The van der Waals surface area contributed by atoms with E-state index in [0.29, 0.717) is 47.4 Å². The number of hydrogen-bond acceptors (Lipinski definition) is 7. The van der Waals surface area contributed by atoms with Crippen molar-refractivity contribution in [2.75, 3.05) is 50.1 Å². The summed E-state index contributed by atoms with van der Waals surface area (Å²) in [7, 11) is 5.95. The summed E-state index contributed by atoms with van der Waals surface area (Å²) in [5.41, 5.74) is 2.94. The minimum atomic E-state index is -0.481. The number of carbonyl (C=O) groups excluding carboxylic acids is 1. The summed E-state index contributed by atoms with van der Waals surface area (Å²) >= 11 is 6.96. The molecule has 0 aliphatic carbocycles. The molecule has 0 radical (unpaired) electrons. The zero-order valence-corrected chi connectivity index (χ0v) is 25.7. The molecule has 220 valence electrons. The predicted octanol–water partition coefficient (Wildman–Crippen LogP) is 4.65. The molecule has 9 nitrogen and oxygen atoms in total. The number of piperazine rings is 1. The Labute approximate surface area is 250 Å². The molecule has 0 N–H and O–H groups in total. The highest BCUT2D eigenvalue weighted by Gasteiger charge is 2.36. The lowest BCUT2D eigenvalue weighted by Crippen LogP contribution is -2.59. The maximum atomic E-state index is 16.9. The maximum absolute atomic E-state index is 16.9. The van der Waals surface area contributed by atoms with Crippen molar-refractivity contribution in [3.05, 3.63) is 53.5 Å². The zero-order valence-electron chi connectivity index (χ0n) is 24.9. The van der Waals surface area contributed by atoms with E-state index in [1.165, 1.54) is 6.08 Å². The number of hydrogen-bond donors (Lipinski definition) is 0. The highest BCUT2D eigenvalue weighted by atomic mass is 35.5. The van der Waals surface area contributed by atoms with Crippen LogP contribution in [-0.4, -0.2) is 93.9 Å². The number of halogens is 2. The number of carbonyl (C=O) groups is 1. The molecule has 42 heavy (non-hydrogen) atoms. The summed E-state index contributed by atoms with van der Waals surface area (Å²) in [5, 5.41) is 6.15. The smallest absolute Gasteiger partial charge is 0.246 e. The van der Waals surface area contributed by atoms with Crippen LogP contribution in [0, 0.1) is 12.7 Å². The Morgan fingerprint density at radius 3 is 2.43 bits per heavy atom. The van der Waals surface area contributed by atoms with E-state index in [4.69, 9.17) is 21.6 Å². The topological polar surface area (TPSA) is 73.6 Å². The molecule has 6 rings (SSSR count). The number of aryl methyl sites for hydroxylation is 2. The summed E-state index contributed by atoms with van der Waals surface area (Å²) in [6, 6.07) is 5.91. The molecular weight excluding hydrogens is 555 g/mol. The molecule has 2 aliphatic heterocycles. The zero-order chi connectivity index (χ0) is 30.0. The Balaban J connectivity index is 1.54. The minimum absolute atomic E-state index is 0.0977. The van der Waals surface area contributed by atoms with E-state index in [-0.39, 0.29) is 28.5 Å². The molecule has 4 heterocycles. The number of nitrogens with zero attached hydrogens (tertiary/aromatic N) is 8. The Morgan fingerprint density at radius 1 is 1.10 bits per heavy atom. The van der Waals surface area contributed by atoms with E-state index in [9.17, 15) is 4.79 Å². The van der Waals surface area contributed by atoms with Crippen LogP contribution in [0.1, 0.15) is 19.4 Å². The van der Waals surface area contributed by atoms with E-state index in [2.05, 4.69) is 40.5 Å². The van der Waals surface area contributed by atoms with Crippen molar-refractivity contribution in [3.63, 3.8) is 0 Å². The number of fused-ring (bicyclic) bond motifs is 2. The van der Waals surface area contributed by atoms with Gasteiger partial charge in [-0.15, -0.1) is 0 Å². The Morgan fingerprint density at radius 2 is 1.79 bits per heavy atom. The van der Waals surface area contributed by atoms with Crippen LogP contribution in [-0.2, 0) is 11.8 Å². The number of amides is 1. The molecular formula is C31H36ClFN8O. The molecule has 4 aromatic rings. The van der Waals surface area contributed by atoms with E-state index in [0.717, 1.165) is 29.6 Å². The Hall–Kier alpha value is -3.76. The molecule has 2 fully saturated rings. The van der Waals surface area contributed by atoms with Crippen LogP contribution >= 0.6 is 11.6 Å². The van der Waals surface area contributed by atoms with Crippen molar-refractivity contribution in [1.82, 2.24) is 29.5 Å². The second kappa shape index (κ2) is 10.5. The first kappa shape index (κ1) is 28.4. The second-order valence-electron chi connectivity index (χ2n) is 11.8. The summed E-state index contributed by atoms with van der Waals surface area (Å²) in [6.45, 7) is 12.2. The molecule has 2 aromatic carbocycles. The monoisotopic (exact) mass is 590 g/mol. The van der Waals surface area contributed by atoms with Crippen molar-refractivity contribution in [2.24, 2.45) is 7.05 Å². The summed E-state index contributed by atoms with van der Waals surface area (Å²) < 4.78 is 18.7. The molecule has 0 bridgehead atoms. The molecule has 2 aromatic heterocycles. The van der Waals surface area contributed by atoms with Gasteiger partial charge in [-0.25, -0.2) is 9.37 Å². The van der Waals surface area contributed by atoms with Crippen LogP contribution in [0.2, 0.25) is 5.02 Å². The maximum Gasteiger partial charge on any atom is 0.246 e. The first-order valence-electron chi connectivity index (χ1n) is 14.2. The second-order valence-corrected chi connectivity index (χ2v) is 12.2. The lowest BCUT2D eigenvalue weighted by atomic mass is 9.96. The van der Waals surface area contributed by atoms with Crippen molar-refractivity contribution in [1.29, 1.82) is 0 Å². The quantitative estimate of drug-likeness (QED) is 0.313. The number of rotatable bonds is 5. The summed E-state index contributed by atoms with van der Waals surface area (Å²) in [4.78, 5) is 30.6. The molecule has 2 atom stereocenters. The lowest BCUT2D eigenvalue weighted by Gasteiger charge is -2.45. The third-order valence-electron chi connectivity index (χ3n) is 8.74. The van der Waals surface area contributed by atoms with Gasteiger partial charge in [0.2, 0.25) is 11.9 Å². The molecule has 2 aliphatic rings. The van der Waals surface area contributed by atoms with Gasteiger partial charge in [0, 0.05) is 73.3 Å². The van der Waals surface area contributed by atoms with Crippen LogP contribution in [0.25, 0.3) is 32.9 Å². The van der Waals surface area contributed by atoms with Crippen molar-refractivity contribution in [3.8, 4) is 11.1 Å². The minimum Gasteiger partial charge on any atom is -0.352 e. The largest absolute Gasteiger partial charge is 0.352 e. The lowest BCUT2D eigenvalue weighted by molar-refractivity contribution is -0.130. The highest BCUT2D eigenvalue weighted by Crippen LogP contribution is 2.43. The summed E-state index contributed by atoms with van der Waals surface area (Å²) in [5.74, 6) is 0.528. The average Bonchev–Trinajstić information content (AvgIpc) is 3.28.